The van der Waals surface area contributed by atoms with Crippen LogP contribution in [0, 0.1) is 6.92 Å². The molecular weight excluding hydrogens is 380 g/mol. The third kappa shape index (κ3) is 5.58. The molecule has 0 spiro atoms. The van der Waals surface area contributed by atoms with Crippen molar-refractivity contribution in [3.05, 3.63) is 106 Å². The Kier molecular flexibility index (Phi) is 6.90. The van der Waals surface area contributed by atoms with Crippen molar-refractivity contribution in [1.82, 2.24) is 0 Å². The van der Waals surface area contributed by atoms with E-state index >= 15 is 0 Å². The zero-order valence-corrected chi connectivity index (χ0v) is 19.3. The minimum atomic E-state index is -0.178. The van der Waals surface area contributed by atoms with Gasteiger partial charge in [-0.25, -0.2) is 0 Å². The molecule has 3 aromatic carbocycles. The van der Waals surface area contributed by atoms with Gasteiger partial charge in [-0.3, -0.25) is 9.59 Å². The molecule has 0 saturated carbocycles. The van der Waals surface area contributed by atoms with Gasteiger partial charge in [0.25, 0.3) is 0 Å². The standard InChI is InChI=1S/C29H32O2/c1-6-7-8-21-11-15-23(16-12-21)28(31)25-17-24(18-26(19-25)29(3,4)5)27(30)22-13-9-20(2)10-14-22/h9-19H,6-8H2,1-5H3. The average molecular weight is 413 g/mol. The highest BCUT2D eigenvalue weighted by Crippen LogP contribution is 2.27. The number of hydrogen-bond donors (Lipinski definition) is 0. The first-order chi connectivity index (χ1) is 14.7. The van der Waals surface area contributed by atoms with Crippen molar-refractivity contribution in [3.63, 3.8) is 0 Å². The van der Waals surface area contributed by atoms with Crippen LogP contribution in [0.25, 0.3) is 0 Å². The van der Waals surface area contributed by atoms with Crippen molar-refractivity contribution in [2.45, 2.75) is 59.3 Å². The van der Waals surface area contributed by atoms with E-state index < -0.39 is 0 Å². The van der Waals surface area contributed by atoms with Crippen LogP contribution in [0.2, 0.25) is 0 Å². The van der Waals surface area contributed by atoms with Gasteiger partial charge in [0, 0.05) is 22.3 Å². The summed E-state index contributed by atoms with van der Waals surface area (Å²) in [5, 5.41) is 0. The fourth-order valence-electron chi connectivity index (χ4n) is 3.56. The van der Waals surface area contributed by atoms with E-state index in [2.05, 4.69) is 27.7 Å². The smallest absolute Gasteiger partial charge is 0.193 e. The van der Waals surface area contributed by atoms with E-state index in [0.29, 0.717) is 22.3 Å². The lowest BCUT2D eigenvalue weighted by molar-refractivity contribution is 0.103. The summed E-state index contributed by atoms with van der Waals surface area (Å²) in [6.07, 6.45) is 3.32. The van der Waals surface area contributed by atoms with Crippen LogP contribution in [-0.2, 0) is 11.8 Å². The normalized spacial score (nSPS) is 11.4. The average Bonchev–Trinajstić information content (AvgIpc) is 2.76. The number of carbonyl (C=O) groups excluding carboxylic acids is 2. The van der Waals surface area contributed by atoms with Crippen molar-refractivity contribution in [3.8, 4) is 0 Å². The fraction of sp³-hybridized carbons (Fsp3) is 0.310. The van der Waals surface area contributed by atoms with Gasteiger partial charge >= 0.3 is 0 Å². The molecule has 31 heavy (non-hydrogen) atoms. The summed E-state index contributed by atoms with van der Waals surface area (Å²) >= 11 is 0. The molecule has 0 aliphatic heterocycles. The first-order valence-electron chi connectivity index (χ1n) is 11.1. The maximum absolute atomic E-state index is 13.3. The lowest BCUT2D eigenvalue weighted by Crippen LogP contribution is -2.15. The molecule has 0 aliphatic rings. The van der Waals surface area contributed by atoms with Crippen molar-refractivity contribution in [2.75, 3.05) is 0 Å². The van der Waals surface area contributed by atoms with Gasteiger partial charge in [0.15, 0.2) is 11.6 Å². The second kappa shape index (κ2) is 9.43. The summed E-state index contributed by atoms with van der Waals surface area (Å²) in [6, 6.07) is 21.0. The Balaban J connectivity index is 1.99. The lowest BCUT2D eigenvalue weighted by Gasteiger charge is -2.21. The molecule has 0 heterocycles. The first-order valence-corrected chi connectivity index (χ1v) is 11.1. The minimum Gasteiger partial charge on any atom is -0.289 e. The monoisotopic (exact) mass is 412 g/mol. The van der Waals surface area contributed by atoms with Gasteiger partial charge in [-0.1, -0.05) is 88.2 Å². The predicted octanol–water partition coefficient (Wildman–Crippen LogP) is 7.10. The number of ketones is 2. The molecule has 0 unspecified atom stereocenters. The van der Waals surface area contributed by atoms with Crippen LogP contribution in [0.3, 0.4) is 0 Å². The molecular formula is C29H32O2. The summed E-state index contributed by atoms with van der Waals surface area (Å²) in [5.74, 6) is -0.110. The topological polar surface area (TPSA) is 34.1 Å². The van der Waals surface area contributed by atoms with Gasteiger partial charge in [0.05, 0.1) is 0 Å². The second-order valence-electron chi connectivity index (χ2n) is 9.37. The zero-order valence-electron chi connectivity index (χ0n) is 19.3. The van der Waals surface area contributed by atoms with Crippen LogP contribution < -0.4 is 0 Å². The highest BCUT2D eigenvalue weighted by atomic mass is 16.1. The summed E-state index contributed by atoms with van der Waals surface area (Å²) in [4.78, 5) is 26.5. The van der Waals surface area contributed by atoms with Gasteiger partial charge in [0.2, 0.25) is 0 Å². The van der Waals surface area contributed by atoms with E-state index in [0.717, 1.165) is 30.4 Å². The van der Waals surface area contributed by atoms with Crippen LogP contribution in [0.4, 0.5) is 0 Å². The molecule has 0 atom stereocenters. The van der Waals surface area contributed by atoms with E-state index in [9.17, 15) is 9.59 Å². The van der Waals surface area contributed by atoms with E-state index in [1.165, 1.54) is 5.56 Å². The Morgan fingerprint density at radius 2 is 1.19 bits per heavy atom. The molecule has 0 radical (unpaired) electrons. The van der Waals surface area contributed by atoms with Crippen LogP contribution in [0.5, 0.6) is 0 Å². The minimum absolute atomic E-state index is 0.0499. The maximum atomic E-state index is 13.3. The second-order valence-corrected chi connectivity index (χ2v) is 9.37. The Morgan fingerprint density at radius 3 is 1.65 bits per heavy atom. The first kappa shape index (κ1) is 22.7. The number of hydrogen-bond acceptors (Lipinski definition) is 2. The van der Waals surface area contributed by atoms with Crippen molar-refractivity contribution < 1.29 is 9.59 Å². The fourth-order valence-corrected chi connectivity index (χ4v) is 3.56. The van der Waals surface area contributed by atoms with Gasteiger partial charge in [-0.2, -0.15) is 0 Å². The Labute approximate surface area is 186 Å². The SMILES string of the molecule is CCCCc1ccc(C(=O)c2cc(C(=O)c3ccc(C)cc3)cc(C(C)(C)C)c2)cc1. The van der Waals surface area contributed by atoms with Crippen molar-refractivity contribution >= 4 is 11.6 Å². The molecule has 0 fully saturated rings. The Morgan fingerprint density at radius 1 is 0.710 bits per heavy atom. The molecule has 0 N–H and O–H groups in total. The van der Waals surface area contributed by atoms with E-state index in [1.54, 1.807) is 6.07 Å². The molecule has 160 valence electrons. The largest absolute Gasteiger partial charge is 0.289 e. The van der Waals surface area contributed by atoms with Crippen LogP contribution in [0.15, 0.2) is 66.7 Å². The Hall–Kier alpha value is -3.00. The molecule has 3 aromatic rings. The van der Waals surface area contributed by atoms with Gasteiger partial charge < -0.3 is 0 Å². The summed E-state index contributed by atoms with van der Waals surface area (Å²) in [6.45, 7) is 10.5. The van der Waals surface area contributed by atoms with Gasteiger partial charge in [-0.15, -0.1) is 0 Å². The summed E-state index contributed by atoms with van der Waals surface area (Å²) in [7, 11) is 0. The van der Waals surface area contributed by atoms with E-state index in [-0.39, 0.29) is 17.0 Å². The highest BCUT2D eigenvalue weighted by molar-refractivity contribution is 6.13. The molecule has 3 rings (SSSR count). The molecule has 2 nitrogen and oxygen atoms in total. The van der Waals surface area contributed by atoms with Crippen molar-refractivity contribution in [1.29, 1.82) is 0 Å². The van der Waals surface area contributed by atoms with Crippen molar-refractivity contribution in [2.24, 2.45) is 0 Å². The van der Waals surface area contributed by atoms with Crippen LogP contribution in [-0.4, -0.2) is 11.6 Å². The van der Waals surface area contributed by atoms with E-state index in [4.69, 9.17) is 0 Å². The van der Waals surface area contributed by atoms with Crippen LogP contribution in [0.1, 0.15) is 89.1 Å². The maximum Gasteiger partial charge on any atom is 0.193 e. The molecule has 0 bridgehead atoms. The summed E-state index contributed by atoms with van der Waals surface area (Å²) < 4.78 is 0. The lowest BCUT2D eigenvalue weighted by atomic mass is 9.83. The molecule has 2 heteroatoms. The number of carbonyl (C=O) groups is 2. The molecule has 0 aliphatic carbocycles. The van der Waals surface area contributed by atoms with Gasteiger partial charge in [0.1, 0.15) is 0 Å². The third-order valence-electron chi connectivity index (χ3n) is 5.67. The third-order valence-corrected chi connectivity index (χ3v) is 5.67. The molecule has 0 aromatic heterocycles. The molecule has 0 amide bonds. The number of unbranched alkanes of at least 4 members (excludes halogenated alkanes) is 1. The van der Waals surface area contributed by atoms with Crippen LogP contribution >= 0.6 is 0 Å². The quantitative estimate of drug-likeness (QED) is 0.388. The number of aryl methyl sites for hydroxylation is 2. The Bertz CT molecular complexity index is 1070. The zero-order chi connectivity index (χ0) is 22.6. The van der Waals surface area contributed by atoms with Gasteiger partial charge in [-0.05, 0) is 54.5 Å². The predicted molar refractivity (Wildman–Crippen MR) is 128 cm³/mol. The summed E-state index contributed by atoms with van der Waals surface area (Å²) in [5.41, 5.74) is 5.56. The number of rotatable bonds is 7. The van der Waals surface area contributed by atoms with E-state index in [1.807, 2.05) is 67.6 Å². The molecule has 0 saturated heterocycles. The number of benzene rings is 3. The highest BCUT2D eigenvalue weighted by Gasteiger charge is 2.21.